The molecule has 2 rings (SSSR count). The molecule has 0 saturated carbocycles. The van der Waals surface area contributed by atoms with Gasteiger partial charge in [0.05, 0.1) is 4.32 Å². The lowest BCUT2D eigenvalue weighted by molar-refractivity contribution is -0.325. The Kier molecular flexibility index (Phi) is 5.46. The van der Waals surface area contributed by atoms with Crippen LogP contribution >= 0.6 is 15.9 Å². The number of hydrogen-bond donors (Lipinski definition) is 0. The van der Waals surface area contributed by atoms with Crippen molar-refractivity contribution in [3.8, 4) is 0 Å². The van der Waals surface area contributed by atoms with Gasteiger partial charge in [0, 0.05) is 23.1 Å². The van der Waals surface area contributed by atoms with E-state index in [1.165, 1.54) is 0 Å². The molecule has 156 valence electrons. The summed E-state index contributed by atoms with van der Waals surface area (Å²) >= 11 is 2.60. The Hall–Kier alpha value is -1.59. The lowest BCUT2D eigenvalue weighted by Crippen LogP contribution is -2.55. The van der Waals surface area contributed by atoms with E-state index in [4.69, 9.17) is 0 Å². The second-order valence-corrected chi connectivity index (χ2v) is 7.36. The van der Waals surface area contributed by atoms with Gasteiger partial charge in [0.15, 0.2) is 0 Å². The van der Waals surface area contributed by atoms with Crippen LogP contribution < -0.4 is 0 Å². The van der Waals surface area contributed by atoms with Crippen molar-refractivity contribution in [3.63, 3.8) is 0 Å². The fourth-order valence-corrected chi connectivity index (χ4v) is 3.57. The highest BCUT2D eigenvalue weighted by atomic mass is 79.9. The normalized spacial score (nSPS) is 22.0. The van der Waals surface area contributed by atoms with Crippen molar-refractivity contribution >= 4 is 15.9 Å². The Balaban J connectivity index is 2.83. The fourth-order valence-electron chi connectivity index (χ4n) is 2.70. The van der Waals surface area contributed by atoms with Crippen molar-refractivity contribution in [3.05, 3.63) is 58.9 Å². The summed E-state index contributed by atoms with van der Waals surface area (Å²) in [6.07, 6.45) is -20.5. The van der Waals surface area contributed by atoms with Gasteiger partial charge in [-0.1, -0.05) is 40.2 Å². The van der Waals surface area contributed by atoms with Gasteiger partial charge in [0.1, 0.15) is 5.82 Å². The molecule has 1 aromatic carbocycles. The van der Waals surface area contributed by atoms with Gasteiger partial charge in [-0.25, -0.2) is 8.78 Å². The van der Waals surface area contributed by atoms with E-state index in [0.717, 1.165) is 24.3 Å². The number of rotatable bonds is 2. The SMILES string of the molecule is Fc1ccccc1C1(Br)C=C(C(F)(C(F)(F)F)C(F)(F)F)C=C(C(F)(F)F)C1. The molecule has 1 aliphatic carbocycles. The van der Waals surface area contributed by atoms with E-state index in [0.29, 0.717) is 0 Å². The molecule has 1 aromatic rings. The zero-order valence-electron chi connectivity index (χ0n) is 13.2. The minimum atomic E-state index is -6.62. The molecule has 0 saturated heterocycles. The molecule has 1 atom stereocenters. The maximum atomic E-state index is 14.4. The summed E-state index contributed by atoms with van der Waals surface area (Å²) in [6, 6.07) is 3.82. The molecule has 0 fully saturated rings. The standard InChI is InChI=1S/C16H8BrF11/c17-12(10-3-1-2-4-11(10)18)6-8(5-9(7-12)14(20,21)22)13(19,15(23,24)25)16(26,27)28/h1-6H,7H2. The Morgan fingerprint density at radius 2 is 1.32 bits per heavy atom. The first kappa shape index (κ1) is 22.7. The van der Waals surface area contributed by atoms with Gasteiger partial charge in [0.25, 0.3) is 0 Å². The summed E-state index contributed by atoms with van der Waals surface area (Å²) < 4.78 is 143. The minimum absolute atomic E-state index is 0.0262. The maximum absolute atomic E-state index is 14.4. The van der Waals surface area contributed by atoms with E-state index in [1.807, 2.05) is 0 Å². The van der Waals surface area contributed by atoms with Gasteiger partial charge in [-0.15, -0.1) is 0 Å². The van der Waals surface area contributed by atoms with Crippen molar-refractivity contribution in [2.45, 2.75) is 34.9 Å². The summed E-state index contributed by atoms with van der Waals surface area (Å²) in [4.78, 5) is 0. The molecule has 0 heterocycles. The van der Waals surface area contributed by atoms with Crippen LogP contribution in [0, 0.1) is 5.82 Å². The lowest BCUT2D eigenvalue weighted by Gasteiger charge is -2.37. The van der Waals surface area contributed by atoms with Crippen LogP contribution in [0.1, 0.15) is 12.0 Å². The highest BCUT2D eigenvalue weighted by molar-refractivity contribution is 9.09. The Labute approximate surface area is 158 Å². The molecular formula is C16H8BrF11. The quantitative estimate of drug-likeness (QED) is 0.308. The first-order chi connectivity index (χ1) is 12.4. The molecule has 28 heavy (non-hydrogen) atoms. The largest absolute Gasteiger partial charge is 0.435 e. The molecule has 0 spiro atoms. The third kappa shape index (κ3) is 3.79. The molecular weight excluding hydrogens is 481 g/mol. The molecule has 0 bridgehead atoms. The maximum Gasteiger partial charge on any atom is 0.435 e. The van der Waals surface area contributed by atoms with E-state index in [1.54, 1.807) is 0 Å². The van der Waals surface area contributed by atoms with Gasteiger partial charge in [-0.05, 0) is 12.1 Å². The van der Waals surface area contributed by atoms with E-state index in [-0.39, 0.29) is 6.08 Å². The molecule has 0 nitrogen and oxygen atoms in total. The topological polar surface area (TPSA) is 0 Å². The number of alkyl halides is 11. The lowest BCUT2D eigenvalue weighted by atomic mass is 9.79. The van der Waals surface area contributed by atoms with Crippen LogP contribution in [0.15, 0.2) is 47.6 Å². The number of benzene rings is 1. The molecule has 12 heteroatoms. The van der Waals surface area contributed by atoms with E-state index >= 15 is 0 Å². The van der Waals surface area contributed by atoms with Gasteiger partial charge in [0.2, 0.25) is 0 Å². The predicted octanol–water partition coefficient (Wildman–Crippen LogP) is 7.07. The van der Waals surface area contributed by atoms with Crippen LogP contribution in [0.25, 0.3) is 0 Å². The Morgan fingerprint density at radius 3 is 1.75 bits per heavy atom. The molecule has 0 N–H and O–H groups in total. The first-order valence-corrected chi connectivity index (χ1v) is 8.00. The molecule has 0 aromatic heterocycles. The van der Waals surface area contributed by atoms with Crippen molar-refractivity contribution in [2.24, 2.45) is 0 Å². The first-order valence-electron chi connectivity index (χ1n) is 7.21. The van der Waals surface area contributed by atoms with Crippen molar-refractivity contribution < 1.29 is 48.3 Å². The zero-order chi connectivity index (χ0) is 21.8. The highest BCUT2D eigenvalue weighted by Gasteiger charge is 2.74. The van der Waals surface area contributed by atoms with Gasteiger partial charge < -0.3 is 0 Å². The van der Waals surface area contributed by atoms with Crippen molar-refractivity contribution in [1.29, 1.82) is 0 Å². The molecule has 0 radical (unpaired) electrons. The second-order valence-electron chi connectivity index (χ2n) is 5.94. The zero-order valence-corrected chi connectivity index (χ0v) is 14.8. The number of halogens is 12. The average Bonchev–Trinajstić information content (AvgIpc) is 2.50. The number of allylic oxidation sites excluding steroid dienone is 4. The van der Waals surface area contributed by atoms with E-state index in [2.05, 4.69) is 15.9 Å². The van der Waals surface area contributed by atoms with E-state index < -0.39 is 63.5 Å². The van der Waals surface area contributed by atoms with Crippen molar-refractivity contribution in [1.82, 2.24) is 0 Å². The summed E-state index contributed by atoms with van der Waals surface area (Å²) in [5.74, 6) is -1.21. The highest BCUT2D eigenvalue weighted by Crippen LogP contribution is 2.56. The smallest absolute Gasteiger partial charge is 0.218 e. The molecule has 0 amide bonds. The molecule has 1 unspecified atom stereocenters. The van der Waals surface area contributed by atoms with Crippen molar-refractivity contribution in [2.75, 3.05) is 0 Å². The fraction of sp³-hybridized carbons (Fsp3) is 0.375. The van der Waals surface area contributed by atoms with Gasteiger partial charge in [-0.3, -0.25) is 0 Å². The number of hydrogen-bond acceptors (Lipinski definition) is 0. The third-order valence-corrected chi connectivity index (χ3v) is 4.96. The van der Waals surface area contributed by atoms with Crippen LogP contribution in [0.3, 0.4) is 0 Å². The van der Waals surface area contributed by atoms with Crippen LogP contribution in [0.2, 0.25) is 0 Å². The third-order valence-electron chi connectivity index (χ3n) is 4.03. The summed E-state index contributed by atoms with van der Waals surface area (Å²) in [5.41, 5.74) is -11.0. The van der Waals surface area contributed by atoms with Crippen LogP contribution in [0.4, 0.5) is 48.3 Å². The average molecular weight is 489 g/mol. The van der Waals surface area contributed by atoms with Crippen LogP contribution in [0.5, 0.6) is 0 Å². The van der Waals surface area contributed by atoms with E-state index in [9.17, 15) is 48.3 Å². The predicted molar refractivity (Wildman–Crippen MR) is 79.8 cm³/mol. The minimum Gasteiger partial charge on any atom is -0.218 e. The van der Waals surface area contributed by atoms with Gasteiger partial charge >= 0.3 is 24.2 Å². The molecule has 1 aliphatic rings. The monoisotopic (exact) mass is 488 g/mol. The summed E-state index contributed by atoms with van der Waals surface area (Å²) in [6.45, 7) is 0. The molecule has 0 aliphatic heterocycles. The van der Waals surface area contributed by atoms with Crippen LogP contribution in [-0.4, -0.2) is 24.2 Å². The van der Waals surface area contributed by atoms with Crippen LogP contribution in [-0.2, 0) is 4.32 Å². The second kappa shape index (κ2) is 6.74. The van der Waals surface area contributed by atoms with Gasteiger partial charge in [-0.2, -0.15) is 39.5 Å². The summed E-state index contributed by atoms with van der Waals surface area (Å²) in [5, 5.41) is 0. The Morgan fingerprint density at radius 1 is 0.821 bits per heavy atom. The summed E-state index contributed by atoms with van der Waals surface area (Å²) in [7, 11) is 0. The Bertz CT molecular complexity index is 799.